The fourth-order valence-corrected chi connectivity index (χ4v) is 1.48. The van der Waals surface area contributed by atoms with Crippen molar-refractivity contribution in [3.05, 3.63) is 24.3 Å². The van der Waals surface area contributed by atoms with E-state index in [0.717, 1.165) is 0 Å². The van der Waals surface area contributed by atoms with E-state index in [1.165, 1.54) is 0 Å². The zero-order valence-corrected chi connectivity index (χ0v) is 12.0. The lowest BCUT2D eigenvalue weighted by atomic mass is 10.3. The maximum atomic E-state index is 11.6. The van der Waals surface area contributed by atoms with E-state index in [-0.39, 0.29) is 12.1 Å². The molecule has 0 aliphatic rings. The van der Waals surface area contributed by atoms with E-state index in [2.05, 4.69) is 5.32 Å². The van der Waals surface area contributed by atoms with Gasteiger partial charge in [0.25, 0.3) is 0 Å². The van der Waals surface area contributed by atoms with Crippen LogP contribution in [-0.4, -0.2) is 44.3 Å². The van der Waals surface area contributed by atoms with Gasteiger partial charge in [-0.1, -0.05) is 12.1 Å². The third-order valence-electron chi connectivity index (χ3n) is 2.76. The molecular weight excluding hydrogens is 244 g/mol. The van der Waals surface area contributed by atoms with Gasteiger partial charge >= 0.3 is 6.03 Å². The van der Waals surface area contributed by atoms with E-state index in [0.29, 0.717) is 24.6 Å². The van der Waals surface area contributed by atoms with Crippen LogP contribution >= 0.6 is 0 Å². The Morgan fingerprint density at radius 2 is 2.00 bits per heavy atom. The first-order chi connectivity index (χ1) is 9.08. The summed E-state index contributed by atoms with van der Waals surface area (Å²) < 4.78 is 10.9. The smallest absolute Gasteiger partial charge is 0.317 e. The highest BCUT2D eigenvalue weighted by molar-refractivity contribution is 5.73. The fraction of sp³-hybridized carbons (Fsp3) is 0.500. The Morgan fingerprint density at radius 1 is 1.37 bits per heavy atom. The largest absolute Gasteiger partial charge is 0.493 e. The highest BCUT2D eigenvalue weighted by Gasteiger charge is 2.11. The van der Waals surface area contributed by atoms with Crippen molar-refractivity contribution < 1.29 is 14.3 Å². The molecule has 19 heavy (non-hydrogen) atoms. The van der Waals surface area contributed by atoms with Crippen molar-refractivity contribution in [1.29, 1.82) is 0 Å². The lowest BCUT2D eigenvalue weighted by Crippen LogP contribution is -2.41. The van der Waals surface area contributed by atoms with Gasteiger partial charge in [-0.05, 0) is 26.0 Å². The van der Waals surface area contributed by atoms with Gasteiger partial charge in [0, 0.05) is 13.6 Å². The fourth-order valence-electron chi connectivity index (χ4n) is 1.48. The summed E-state index contributed by atoms with van der Waals surface area (Å²) in [6, 6.07) is 7.35. The van der Waals surface area contributed by atoms with Gasteiger partial charge in [-0.25, -0.2) is 4.79 Å². The maximum Gasteiger partial charge on any atom is 0.317 e. The number of amides is 2. The first kappa shape index (κ1) is 15.1. The van der Waals surface area contributed by atoms with E-state index in [4.69, 9.17) is 9.47 Å². The zero-order valence-electron chi connectivity index (χ0n) is 12.0. The molecule has 1 rings (SSSR count). The number of nitrogens with one attached hydrogen (secondary N) is 1. The predicted octanol–water partition coefficient (Wildman–Crippen LogP) is 2.12. The minimum absolute atomic E-state index is 0.0991. The van der Waals surface area contributed by atoms with Crippen molar-refractivity contribution in [1.82, 2.24) is 10.2 Å². The number of hydrogen-bond acceptors (Lipinski definition) is 3. The number of methoxy groups -OCH3 is 1. The van der Waals surface area contributed by atoms with Crippen molar-refractivity contribution in [2.75, 3.05) is 27.2 Å². The Kier molecular flexibility index (Phi) is 5.99. The molecule has 5 heteroatoms. The van der Waals surface area contributed by atoms with Gasteiger partial charge < -0.3 is 19.7 Å². The van der Waals surface area contributed by atoms with Crippen LogP contribution in [0.1, 0.15) is 13.8 Å². The normalized spacial score (nSPS) is 11.6. The molecule has 0 fully saturated rings. The minimum atomic E-state index is -0.134. The molecule has 0 aliphatic heterocycles. The van der Waals surface area contributed by atoms with E-state index < -0.39 is 0 Å². The Labute approximate surface area is 114 Å². The topological polar surface area (TPSA) is 50.8 Å². The van der Waals surface area contributed by atoms with Crippen LogP contribution < -0.4 is 14.8 Å². The molecule has 1 aromatic carbocycles. The highest BCUT2D eigenvalue weighted by atomic mass is 16.5. The summed E-state index contributed by atoms with van der Waals surface area (Å²) in [5.74, 6) is 1.36. The van der Waals surface area contributed by atoms with Crippen LogP contribution in [0.5, 0.6) is 11.5 Å². The Balaban J connectivity index is 2.47. The molecule has 0 unspecified atom stereocenters. The molecule has 0 saturated heterocycles. The first-order valence-electron chi connectivity index (χ1n) is 6.37. The van der Waals surface area contributed by atoms with Gasteiger partial charge in [-0.3, -0.25) is 0 Å². The Bertz CT molecular complexity index is 409. The minimum Gasteiger partial charge on any atom is -0.493 e. The number of carbonyl (C=O) groups excluding carboxylic acids is 1. The van der Waals surface area contributed by atoms with Crippen LogP contribution in [0.4, 0.5) is 4.79 Å². The van der Waals surface area contributed by atoms with E-state index in [1.807, 2.05) is 38.1 Å². The van der Waals surface area contributed by atoms with Crippen molar-refractivity contribution in [2.24, 2.45) is 0 Å². The molecule has 5 nitrogen and oxygen atoms in total. The summed E-state index contributed by atoms with van der Waals surface area (Å²) in [5.41, 5.74) is 0. The molecule has 1 aromatic rings. The zero-order chi connectivity index (χ0) is 14.3. The highest BCUT2D eigenvalue weighted by Crippen LogP contribution is 2.26. The van der Waals surface area contributed by atoms with Crippen molar-refractivity contribution in [3.8, 4) is 11.5 Å². The second-order valence-corrected chi connectivity index (χ2v) is 4.28. The van der Waals surface area contributed by atoms with Gasteiger partial charge in [-0.15, -0.1) is 0 Å². The summed E-state index contributed by atoms with van der Waals surface area (Å²) in [5, 5.41) is 2.81. The molecule has 0 aliphatic carbocycles. The number of ether oxygens (including phenoxy) is 2. The van der Waals surface area contributed by atoms with Crippen LogP contribution in [0.15, 0.2) is 24.3 Å². The Hall–Kier alpha value is -1.91. The average Bonchev–Trinajstić information content (AvgIpc) is 2.44. The van der Waals surface area contributed by atoms with Gasteiger partial charge in [-0.2, -0.15) is 0 Å². The van der Waals surface area contributed by atoms with Crippen LogP contribution in [-0.2, 0) is 0 Å². The number of urea groups is 1. The number of para-hydroxylation sites is 2. The van der Waals surface area contributed by atoms with E-state index >= 15 is 0 Å². The molecule has 0 aromatic heterocycles. The van der Waals surface area contributed by atoms with Gasteiger partial charge in [0.2, 0.25) is 0 Å². The number of benzene rings is 1. The second kappa shape index (κ2) is 7.51. The Morgan fingerprint density at radius 3 is 2.58 bits per heavy atom. The van der Waals surface area contributed by atoms with Crippen molar-refractivity contribution in [2.45, 2.75) is 20.0 Å². The standard InChI is InChI=1S/C14H22N2O3/c1-5-16(3)14(17)15-10-11(2)19-13-9-7-6-8-12(13)18-4/h6-9,11H,5,10H2,1-4H3,(H,15,17)/t11-/m1/s1. The average molecular weight is 266 g/mol. The van der Waals surface area contributed by atoms with Crippen LogP contribution in [0, 0.1) is 0 Å². The van der Waals surface area contributed by atoms with Gasteiger partial charge in [0.1, 0.15) is 6.10 Å². The molecule has 106 valence electrons. The molecule has 0 heterocycles. The SMILES string of the molecule is CCN(C)C(=O)NC[C@@H](C)Oc1ccccc1OC. The lowest BCUT2D eigenvalue weighted by Gasteiger charge is -2.20. The predicted molar refractivity (Wildman–Crippen MR) is 74.8 cm³/mol. The molecule has 0 bridgehead atoms. The lowest BCUT2D eigenvalue weighted by molar-refractivity contribution is 0.188. The van der Waals surface area contributed by atoms with Crippen LogP contribution in [0.25, 0.3) is 0 Å². The van der Waals surface area contributed by atoms with E-state index in [9.17, 15) is 4.79 Å². The number of rotatable bonds is 6. The first-order valence-corrected chi connectivity index (χ1v) is 6.37. The van der Waals surface area contributed by atoms with E-state index in [1.54, 1.807) is 19.1 Å². The molecule has 1 N–H and O–H groups in total. The summed E-state index contributed by atoms with van der Waals surface area (Å²) in [6.07, 6.45) is -0.134. The quantitative estimate of drug-likeness (QED) is 0.858. The molecule has 1 atom stereocenters. The summed E-state index contributed by atoms with van der Waals surface area (Å²) in [4.78, 5) is 13.2. The second-order valence-electron chi connectivity index (χ2n) is 4.28. The monoisotopic (exact) mass is 266 g/mol. The molecular formula is C14H22N2O3. The number of carbonyl (C=O) groups is 1. The number of hydrogen-bond donors (Lipinski definition) is 1. The van der Waals surface area contributed by atoms with Crippen molar-refractivity contribution >= 4 is 6.03 Å². The van der Waals surface area contributed by atoms with Crippen LogP contribution in [0.3, 0.4) is 0 Å². The maximum absolute atomic E-state index is 11.6. The summed E-state index contributed by atoms with van der Waals surface area (Å²) >= 11 is 0. The third-order valence-corrected chi connectivity index (χ3v) is 2.76. The van der Waals surface area contributed by atoms with Gasteiger partial charge in [0.05, 0.1) is 13.7 Å². The van der Waals surface area contributed by atoms with Crippen LogP contribution in [0.2, 0.25) is 0 Å². The summed E-state index contributed by atoms with van der Waals surface area (Å²) in [7, 11) is 3.35. The third kappa shape index (κ3) is 4.69. The molecule has 0 spiro atoms. The summed E-state index contributed by atoms with van der Waals surface area (Å²) in [6.45, 7) is 4.95. The van der Waals surface area contributed by atoms with Gasteiger partial charge in [0.15, 0.2) is 11.5 Å². The molecule has 0 saturated carbocycles. The van der Waals surface area contributed by atoms with Crippen molar-refractivity contribution in [3.63, 3.8) is 0 Å². The molecule has 2 amide bonds. The number of nitrogens with zero attached hydrogens (tertiary/aromatic N) is 1. The molecule has 0 radical (unpaired) electrons.